The molecule has 12 heteroatoms. The van der Waals surface area contributed by atoms with Crippen molar-refractivity contribution in [2.75, 3.05) is 6.26 Å². The minimum absolute atomic E-state index is 0.0583. The van der Waals surface area contributed by atoms with Gasteiger partial charge >= 0.3 is 0 Å². The Morgan fingerprint density at radius 3 is 2.63 bits per heavy atom. The van der Waals surface area contributed by atoms with Gasteiger partial charge in [-0.2, -0.15) is 5.10 Å². The Kier molecular flexibility index (Phi) is 5.69. The van der Waals surface area contributed by atoms with Gasteiger partial charge in [-0.3, -0.25) is 15.1 Å². The summed E-state index contributed by atoms with van der Waals surface area (Å²) in [5.41, 5.74) is 4.07. The lowest BCUT2D eigenvalue weighted by Gasteiger charge is -2.08. The van der Waals surface area contributed by atoms with Crippen molar-refractivity contribution in [3.63, 3.8) is 0 Å². The first kappa shape index (κ1) is 23.8. The van der Waals surface area contributed by atoms with Crippen molar-refractivity contribution in [1.29, 1.82) is 0 Å². The molecule has 6 aromatic rings. The maximum atomic E-state index is 15.7. The molecule has 4 heterocycles. The molecule has 0 atom stereocenters. The zero-order valence-electron chi connectivity index (χ0n) is 19.8. The van der Waals surface area contributed by atoms with Crippen LogP contribution in [0, 0.1) is 11.6 Å². The number of H-pyrrole nitrogens is 2. The van der Waals surface area contributed by atoms with Crippen LogP contribution in [0.1, 0.15) is 5.56 Å². The minimum atomic E-state index is -3.45. The second-order valence-electron chi connectivity index (χ2n) is 8.75. The average molecular weight is 532 g/mol. The van der Waals surface area contributed by atoms with E-state index in [2.05, 4.69) is 29.9 Å². The largest absolute Gasteiger partial charge is 0.337 e. The van der Waals surface area contributed by atoms with Crippen LogP contribution in [-0.2, 0) is 16.6 Å². The number of pyridine rings is 2. The van der Waals surface area contributed by atoms with Gasteiger partial charge in [-0.15, -0.1) is 0 Å². The molecule has 0 radical (unpaired) electrons. The third-order valence-electron chi connectivity index (χ3n) is 6.02. The summed E-state index contributed by atoms with van der Waals surface area (Å²) in [6.07, 6.45) is 5.67. The van der Waals surface area contributed by atoms with Gasteiger partial charge in [-0.25, -0.2) is 26.9 Å². The van der Waals surface area contributed by atoms with E-state index in [9.17, 15) is 12.8 Å². The number of aromatic amines is 2. The number of para-hydroxylation sites is 1. The van der Waals surface area contributed by atoms with Crippen molar-refractivity contribution in [1.82, 2.24) is 34.9 Å². The number of aromatic nitrogens is 6. The summed E-state index contributed by atoms with van der Waals surface area (Å²) < 4.78 is 55.5. The highest BCUT2D eigenvalue weighted by Gasteiger charge is 2.21. The van der Waals surface area contributed by atoms with Gasteiger partial charge in [0, 0.05) is 30.1 Å². The molecular weight excluding hydrogens is 512 g/mol. The third kappa shape index (κ3) is 4.40. The smallest absolute Gasteiger partial charge is 0.209 e. The van der Waals surface area contributed by atoms with E-state index in [0.717, 1.165) is 6.26 Å². The van der Waals surface area contributed by atoms with Crippen LogP contribution < -0.4 is 4.72 Å². The molecule has 0 aliphatic heterocycles. The Labute approximate surface area is 215 Å². The fraction of sp³-hybridized carbons (Fsp3) is 0.0769. The molecule has 0 saturated carbocycles. The molecule has 38 heavy (non-hydrogen) atoms. The van der Waals surface area contributed by atoms with Gasteiger partial charge in [-0.05, 0) is 47.5 Å². The Balaban J connectivity index is 1.46. The SMILES string of the molecule is CS(=O)(=O)NCc1cc(F)cc(-c2cccc3[nH]c(-c4n[nH]c5cnc(-c6cccnc6)c(F)c45)nc23)c1. The van der Waals surface area contributed by atoms with Crippen LogP contribution in [0.25, 0.3) is 55.8 Å². The molecule has 0 saturated heterocycles. The summed E-state index contributed by atoms with van der Waals surface area (Å²) in [4.78, 5) is 16.2. The van der Waals surface area contributed by atoms with Gasteiger partial charge in [-0.1, -0.05) is 12.1 Å². The molecule has 0 aliphatic rings. The number of hydrogen-bond acceptors (Lipinski definition) is 6. The number of nitrogens with one attached hydrogen (secondary N) is 3. The van der Waals surface area contributed by atoms with Gasteiger partial charge in [0.1, 0.15) is 17.2 Å². The first-order valence-corrected chi connectivity index (χ1v) is 13.3. The van der Waals surface area contributed by atoms with Crippen LogP contribution >= 0.6 is 0 Å². The van der Waals surface area contributed by atoms with Crippen LogP contribution in [0.15, 0.2) is 67.1 Å². The first-order valence-electron chi connectivity index (χ1n) is 11.4. The van der Waals surface area contributed by atoms with Gasteiger partial charge in [0.05, 0.1) is 34.4 Å². The molecule has 0 fully saturated rings. The van der Waals surface area contributed by atoms with Crippen molar-refractivity contribution < 1.29 is 17.2 Å². The van der Waals surface area contributed by atoms with Crippen molar-refractivity contribution in [2.24, 2.45) is 0 Å². The average Bonchev–Trinajstić information content (AvgIpc) is 3.52. The van der Waals surface area contributed by atoms with Crippen molar-refractivity contribution in [2.45, 2.75) is 6.54 Å². The van der Waals surface area contributed by atoms with E-state index in [1.165, 1.54) is 24.5 Å². The summed E-state index contributed by atoms with van der Waals surface area (Å²) in [7, 11) is -3.45. The molecule has 6 rings (SSSR count). The highest BCUT2D eigenvalue weighted by Crippen LogP contribution is 2.34. The van der Waals surface area contributed by atoms with Gasteiger partial charge in [0.25, 0.3) is 0 Å². The zero-order chi connectivity index (χ0) is 26.4. The zero-order valence-corrected chi connectivity index (χ0v) is 20.6. The summed E-state index contributed by atoms with van der Waals surface area (Å²) in [6, 6.07) is 13.1. The van der Waals surface area contributed by atoms with Crippen LogP contribution in [0.4, 0.5) is 8.78 Å². The molecule has 0 aliphatic carbocycles. The monoisotopic (exact) mass is 531 g/mol. The number of imidazole rings is 1. The molecule has 0 spiro atoms. The van der Waals surface area contributed by atoms with Crippen LogP contribution in [0.2, 0.25) is 0 Å². The number of benzene rings is 2. The first-order chi connectivity index (χ1) is 18.3. The predicted molar refractivity (Wildman–Crippen MR) is 139 cm³/mol. The highest BCUT2D eigenvalue weighted by molar-refractivity contribution is 7.88. The van der Waals surface area contributed by atoms with E-state index in [1.54, 1.807) is 42.6 Å². The molecule has 3 N–H and O–H groups in total. The number of nitrogens with zero attached hydrogens (tertiary/aromatic N) is 4. The molecular formula is C26H19F2N7O2S. The van der Waals surface area contributed by atoms with E-state index in [-0.39, 0.29) is 23.3 Å². The van der Waals surface area contributed by atoms with E-state index < -0.39 is 21.7 Å². The number of hydrogen-bond donors (Lipinski definition) is 3. The second-order valence-corrected chi connectivity index (χ2v) is 10.6. The Hall–Kier alpha value is -4.55. The summed E-state index contributed by atoms with van der Waals surface area (Å²) >= 11 is 0. The number of halogens is 2. The maximum absolute atomic E-state index is 15.7. The van der Waals surface area contributed by atoms with E-state index in [1.807, 2.05) is 0 Å². The standard InChI is InChI=1S/C26H19F2N7O2S/c1-38(36,37)31-11-14-8-16(10-17(27)9-14)18-5-2-6-19-24(18)33-26(32-19)25-21-20(34-35-25)13-30-23(22(21)28)15-4-3-7-29-12-15/h2-10,12-13,31H,11H2,1H3,(H,32,33)(H,34,35). The van der Waals surface area contributed by atoms with Gasteiger partial charge < -0.3 is 4.98 Å². The molecule has 0 bridgehead atoms. The molecule has 0 unspecified atom stereocenters. The molecule has 2 aromatic carbocycles. The van der Waals surface area contributed by atoms with E-state index in [4.69, 9.17) is 4.98 Å². The van der Waals surface area contributed by atoms with Gasteiger partial charge in [0.15, 0.2) is 11.6 Å². The number of sulfonamides is 1. The second kappa shape index (κ2) is 9.08. The summed E-state index contributed by atoms with van der Waals surface area (Å²) in [6.45, 7) is -0.0583. The van der Waals surface area contributed by atoms with Gasteiger partial charge in [0.2, 0.25) is 10.0 Å². The predicted octanol–water partition coefficient (Wildman–Crippen LogP) is 4.56. The Morgan fingerprint density at radius 2 is 1.84 bits per heavy atom. The quantitative estimate of drug-likeness (QED) is 0.289. The number of rotatable bonds is 6. The van der Waals surface area contributed by atoms with Crippen LogP contribution in [-0.4, -0.2) is 44.8 Å². The molecule has 9 nitrogen and oxygen atoms in total. The normalized spacial score (nSPS) is 12.0. The van der Waals surface area contributed by atoms with Crippen LogP contribution in [0.5, 0.6) is 0 Å². The fourth-order valence-electron chi connectivity index (χ4n) is 4.35. The summed E-state index contributed by atoms with van der Waals surface area (Å²) in [5.74, 6) is -0.763. The summed E-state index contributed by atoms with van der Waals surface area (Å²) in [5, 5.41) is 7.32. The third-order valence-corrected chi connectivity index (χ3v) is 6.69. The Bertz CT molecular complexity index is 1940. The maximum Gasteiger partial charge on any atom is 0.209 e. The highest BCUT2D eigenvalue weighted by atomic mass is 32.2. The van der Waals surface area contributed by atoms with E-state index in [0.29, 0.717) is 44.6 Å². The lowest BCUT2D eigenvalue weighted by atomic mass is 10.0. The topological polar surface area (TPSA) is 129 Å². The Morgan fingerprint density at radius 1 is 0.974 bits per heavy atom. The molecule has 190 valence electrons. The number of fused-ring (bicyclic) bond motifs is 2. The molecule has 4 aromatic heterocycles. The van der Waals surface area contributed by atoms with Crippen molar-refractivity contribution in [3.8, 4) is 33.9 Å². The molecule has 0 amide bonds. The van der Waals surface area contributed by atoms with Crippen molar-refractivity contribution in [3.05, 3.63) is 84.3 Å². The van der Waals surface area contributed by atoms with Crippen molar-refractivity contribution >= 4 is 32.0 Å². The minimum Gasteiger partial charge on any atom is -0.337 e. The van der Waals surface area contributed by atoms with E-state index >= 15 is 4.39 Å². The van der Waals surface area contributed by atoms with Crippen LogP contribution in [0.3, 0.4) is 0 Å². The fourth-order valence-corrected chi connectivity index (χ4v) is 4.78. The lowest BCUT2D eigenvalue weighted by molar-refractivity contribution is 0.586. The lowest BCUT2D eigenvalue weighted by Crippen LogP contribution is -2.21.